The molecule has 0 saturated heterocycles. The van der Waals surface area contributed by atoms with Crippen LogP contribution < -0.4 is 5.73 Å². The van der Waals surface area contributed by atoms with E-state index in [1.165, 1.54) is 7.11 Å². The van der Waals surface area contributed by atoms with Gasteiger partial charge in [-0.1, -0.05) is 6.07 Å². The molecular formula is C11H12N2O2. The summed E-state index contributed by atoms with van der Waals surface area (Å²) in [6, 6.07) is 3.70. The summed E-state index contributed by atoms with van der Waals surface area (Å²) in [6.07, 6.45) is 1.62. The second-order valence-corrected chi connectivity index (χ2v) is 3.42. The third kappa shape index (κ3) is 1.34. The van der Waals surface area contributed by atoms with Gasteiger partial charge in [0.05, 0.1) is 23.9 Å². The Labute approximate surface area is 87.0 Å². The summed E-state index contributed by atoms with van der Waals surface area (Å²) in [5, 5.41) is 0.835. The van der Waals surface area contributed by atoms with E-state index in [9.17, 15) is 4.79 Å². The van der Waals surface area contributed by atoms with E-state index in [2.05, 4.69) is 4.98 Å². The molecule has 2 rings (SSSR count). The second-order valence-electron chi connectivity index (χ2n) is 3.42. The quantitative estimate of drug-likeness (QED) is 0.550. The topological polar surface area (TPSA) is 68.1 Å². The highest BCUT2D eigenvalue weighted by molar-refractivity contribution is 6.08. The van der Waals surface area contributed by atoms with Crippen LogP contribution in [-0.4, -0.2) is 18.1 Å². The number of ether oxygens (including phenoxy) is 1. The van der Waals surface area contributed by atoms with Crippen molar-refractivity contribution >= 4 is 22.6 Å². The predicted octanol–water partition coefficient (Wildman–Crippen LogP) is 1.85. The number of nitrogen functional groups attached to an aromatic ring is 1. The van der Waals surface area contributed by atoms with Gasteiger partial charge in [-0.05, 0) is 18.6 Å². The lowest BCUT2D eigenvalue weighted by atomic mass is 10.1. The first kappa shape index (κ1) is 9.58. The SMILES string of the molecule is COC(=O)c1c[nH]c2c(N)ccc(C)c12. The summed E-state index contributed by atoms with van der Waals surface area (Å²) in [4.78, 5) is 14.5. The van der Waals surface area contributed by atoms with Gasteiger partial charge in [0.2, 0.25) is 0 Å². The lowest BCUT2D eigenvalue weighted by Crippen LogP contribution is -2.00. The number of hydrogen-bond donors (Lipinski definition) is 2. The van der Waals surface area contributed by atoms with Crippen LogP contribution in [0, 0.1) is 6.92 Å². The molecule has 0 unspecified atom stereocenters. The number of fused-ring (bicyclic) bond motifs is 1. The van der Waals surface area contributed by atoms with E-state index in [1.54, 1.807) is 6.20 Å². The molecule has 3 N–H and O–H groups in total. The van der Waals surface area contributed by atoms with Crippen molar-refractivity contribution in [2.75, 3.05) is 12.8 Å². The molecule has 0 bridgehead atoms. The predicted molar refractivity (Wildman–Crippen MR) is 58.8 cm³/mol. The molecule has 78 valence electrons. The number of carbonyl (C=O) groups is 1. The standard InChI is InChI=1S/C11H12N2O2/c1-6-3-4-8(12)10-9(6)7(5-13-10)11(14)15-2/h3-5,13H,12H2,1-2H3. The van der Waals surface area contributed by atoms with Gasteiger partial charge in [-0.2, -0.15) is 0 Å². The van der Waals surface area contributed by atoms with Gasteiger partial charge in [0.15, 0.2) is 0 Å². The maximum Gasteiger partial charge on any atom is 0.340 e. The van der Waals surface area contributed by atoms with Gasteiger partial charge in [0.1, 0.15) is 0 Å². The van der Waals surface area contributed by atoms with E-state index >= 15 is 0 Å². The van der Waals surface area contributed by atoms with Crippen molar-refractivity contribution in [1.29, 1.82) is 0 Å². The highest BCUT2D eigenvalue weighted by Gasteiger charge is 2.15. The highest BCUT2D eigenvalue weighted by atomic mass is 16.5. The number of esters is 1. The summed E-state index contributed by atoms with van der Waals surface area (Å²) in [5.41, 5.74) is 8.74. The molecule has 1 aromatic carbocycles. The van der Waals surface area contributed by atoms with Crippen LogP contribution in [0.1, 0.15) is 15.9 Å². The summed E-state index contributed by atoms with van der Waals surface area (Å²) in [5.74, 6) is -0.352. The molecule has 1 heterocycles. The largest absolute Gasteiger partial charge is 0.465 e. The van der Waals surface area contributed by atoms with Crippen LogP contribution >= 0.6 is 0 Å². The lowest BCUT2D eigenvalue weighted by molar-refractivity contribution is 0.0603. The number of hydrogen-bond acceptors (Lipinski definition) is 3. The van der Waals surface area contributed by atoms with Gasteiger partial charge < -0.3 is 15.5 Å². The van der Waals surface area contributed by atoms with Crippen molar-refractivity contribution in [2.24, 2.45) is 0 Å². The average Bonchev–Trinajstić information content (AvgIpc) is 2.68. The Hall–Kier alpha value is -1.97. The van der Waals surface area contributed by atoms with Crippen molar-refractivity contribution in [1.82, 2.24) is 4.98 Å². The molecule has 2 aromatic rings. The molecule has 0 aliphatic heterocycles. The monoisotopic (exact) mass is 204 g/mol. The zero-order valence-corrected chi connectivity index (χ0v) is 8.63. The number of rotatable bonds is 1. The van der Waals surface area contributed by atoms with Crippen molar-refractivity contribution in [3.63, 3.8) is 0 Å². The second kappa shape index (κ2) is 3.31. The van der Waals surface area contributed by atoms with E-state index in [0.717, 1.165) is 16.5 Å². The Bertz CT molecular complexity index is 529. The van der Waals surface area contributed by atoms with Crippen molar-refractivity contribution in [3.05, 3.63) is 29.5 Å². The molecule has 0 saturated carbocycles. The fraction of sp³-hybridized carbons (Fsp3) is 0.182. The van der Waals surface area contributed by atoms with Crippen LogP contribution in [0.25, 0.3) is 10.9 Å². The first-order valence-corrected chi connectivity index (χ1v) is 4.59. The van der Waals surface area contributed by atoms with Crippen LogP contribution in [-0.2, 0) is 4.74 Å². The number of benzene rings is 1. The Kier molecular flexibility index (Phi) is 2.11. The number of aromatic amines is 1. The Morgan fingerprint density at radius 3 is 2.87 bits per heavy atom. The maximum absolute atomic E-state index is 11.5. The Morgan fingerprint density at radius 1 is 1.47 bits per heavy atom. The zero-order chi connectivity index (χ0) is 11.0. The third-order valence-electron chi connectivity index (χ3n) is 2.48. The number of carbonyl (C=O) groups excluding carboxylic acids is 1. The van der Waals surface area contributed by atoms with Gasteiger partial charge in [-0.15, -0.1) is 0 Å². The number of aromatic nitrogens is 1. The molecule has 0 aliphatic rings. The van der Waals surface area contributed by atoms with Gasteiger partial charge in [0.25, 0.3) is 0 Å². The number of methoxy groups -OCH3 is 1. The normalized spacial score (nSPS) is 10.5. The van der Waals surface area contributed by atoms with E-state index in [0.29, 0.717) is 11.3 Å². The average molecular weight is 204 g/mol. The molecule has 0 radical (unpaired) electrons. The fourth-order valence-electron chi connectivity index (χ4n) is 1.71. The number of nitrogens with one attached hydrogen (secondary N) is 1. The van der Waals surface area contributed by atoms with Gasteiger partial charge in [-0.3, -0.25) is 0 Å². The smallest absolute Gasteiger partial charge is 0.340 e. The summed E-state index contributed by atoms with van der Waals surface area (Å²) >= 11 is 0. The maximum atomic E-state index is 11.5. The molecule has 1 aromatic heterocycles. The van der Waals surface area contributed by atoms with Crippen molar-refractivity contribution in [3.8, 4) is 0 Å². The molecule has 4 nitrogen and oxygen atoms in total. The van der Waals surface area contributed by atoms with Gasteiger partial charge in [-0.25, -0.2) is 4.79 Å². The molecule has 0 spiro atoms. The first-order valence-electron chi connectivity index (χ1n) is 4.59. The molecule has 0 aliphatic carbocycles. The van der Waals surface area contributed by atoms with E-state index < -0.39 is 0 Å². The van der Waals surface area contributed by atoms with E-state index in [1.807, 2.05) is 19.1 Å². The number of nitrogens with two attached hydrogens (primary N) is 1. The Balaban J connectivity index is 2.79. The van der Waals surface area contributed by atoms with Gasteiger partial charge >= 0.3 is 5.97 Å². The Morgan fingerprint density at radius 2 is 2.20 bits per heavy atom. The van der Waals surface area contributed by atoms with Crippen molar-refractivity contribution < 1.29 is 9.53 Å². The number of aryl methyl sites for hydroxylation is 1. The summed E-state index contributed by atoms with van der Waals surface area (Å²) < 4.78 is 4.70. The summed E-state index contributed by atoms with van der Waals surface area (Å²) in [7, 11) is 1.36. The fourth-order valence-corrected chi connectivity index (χ4v) is 1.71. The van der Waals surface area contributed by atoms with Crippen LogP contribution in [0.2, 0.25) is 0 Å². The molecule has 0 amide bonds. The lowest BCUT2D eigenvalue weighted by Gasteiger charge is -2.02. The molecular weight excluding hydrogens is 192 g/mol. The highest BCUT2D eigenvalue weighted by Crippen LogP contribution is 2.27. The first-order chi connectivity index (χ1) is 7.15. The van der Waals surface area contributed by atoms with E-state index in [4.69, 9.17) is 10.5 Å². The zero-order valence-electron chi connectivity index (χ0n) is 8.63. The van der Waals surface area contributed by atoms with Crippen LogP contribution in [0.3, 0.4) is 0 Å². The molecule has 0 atom stereocenters. The minimum Gasteiger partial charge on any atom is -0.465 e. The molecule has 4 heteroatoms. The minimum absolute atomic E-state index is 0.352. The van der Waals surface area contributed by atoms with Crippen LogP contribution in [0.15, 0.2) is 18.3 Å². The van der Waals surface area contributed by atoms with Crippen LogP contribution in [0.4, 0.5) is 5.69 Å². The van der Waals surface area contributed by atoms with E-state index in [-0.39, 0.29) is 5.97 Å². The van der Waals surface area contributed by atoms with Crippen molar-refractivity contribution in [2.45, 2.75) is 6.92 Å². The van der Waals surface area contributed by atoms with Gasteiger partial charge in [0, 0.05) is 11.6 Å². The molecule has 15 heavy (non-hydrogen) atoms. The summed E-state index contributed by atoms with van der Waals surface area (Å²) in [6.45, 7) is 1.93. The molecule has 0 fully saturated rings. The third-order valence-corrected chi connectivity index (χ3v) is 2.48. The number of H-pyrrole nitrogens is 1. The minimum atomic E-state index is -0.352. The van der Waals surface area contributed by atoms with Crippen LogP contribution in [0.5, 0.6) is 0 Å². The number of anilines is 1.